The fraction of sp³-hybridized carbons (Fsp3) is 0.500. The van der Waals surface area contributed by atoms with E-state index in [1.54, 1.807) is 0 Å². The molecule has 1 N–H and O–H groups in total. The predicted molar refractivity (Wildman–Crippen MR) is 50.0 cm³/mol. The van der Waals surface area contributed by atoms with Gasteiger partial charge < -0.3 is 5.32 Å². The average Bonchev–Trinajstić information content (AvgIpc) is 2.59. The van der Waals surface area contributed by atoms with Gasteiger partial charge in [-0.05, 0) is 23.8 Å². The third-order valence-electron chi connectivity index (χ3n) is 2.28. The molecule has 1 aliphatic heterocycles. The van der Waals surface area contributed by atoms with Crippen LogP contribution >= 0.6 is 0 Å². The van der Waals surface area contributed by atoms with Crippen LogP contribution < -0.4 is 5.32 Å². The van der Waals surface area contributed by atoms with Crippen molar-refractivity contribution in [1.29, 1.82) is 0 Å². The van der Waals surface area contributed by atoms with Crippen LogP contribution in [0.25, 0.3) is 0 Å². The molecule has 1 aliphatic carbocycles. The second kappa shape index (κ2) is 3.72. The Morgan fingerprint density at radius 3 is 2.92 bits per heavy atom. The molecule has 12 heavy (non-hydrogen) atoms. The molecule has 0 radical (unpaired) electrons. The van der Waals surface area contributed by atoms with Crippen molar-refractivity contribution in [3.63, 3.8) is 0 Å². The minimum absolute atomic E-state index is 1.09. The van der Waals surface area contributed by atoms with Crippen LogP contribution in [0, 0.1) is 0 Å². The van der Waals surface area contributed by atoms with Gasteiger partial charge in [0.05, 0.1) is 0 Å². The third-order valence-corrected chi connectivity index (χ3v) is 2.28. The maximum absolute atomic E-state index is 3.34. The summed E-state index contributed by atoms with van der Waals surface area (Å²) >= 11 is 0. The van der Waals surface area contributed by atoms with Gasteiger partial charge in [0.25, 0.3) is 0 Å². The Balaban J connectivity index is 1.82. The highest BCUT2D eigenvalue weighted by Gasteiger charge is 2.09. The molecule has 2 rings (SSSR count). The van der Waals surface area contributed by atoms with Gasteiger partial charge in [0.15, 0.2) is 0 Å². The van der Waals surface area contributed by atoms with E-state index >= 15 is 0 Å². The van der Waals surface area contributed by atoms with Gasteiger partial charge in [-0.15, -0.1) is 5.73 Å². The Kier molecular flexibility index (Phi) is 2.42. The van der Waals surface area contributed by atoms with E-state index in [4.69, 9.17) is 0 Å². The van der Waals surface area contributed by atoms with Gasteiger partial charge in [0.2, 0.25) is 0 Å². The van der Waals surface area contributed by atoms with E-state index in [0.717, 1.165) is 19.6 Å². The highest BCUT2D eigenvalue weighted by atomic mass is 15.2. The third kappa shape index (κ3) is 1.86. The smallest absolute Gasteiger partial charge is 0.0241 e. The van der Waals surface area contributed by atoms with Gasteiger partial charge in [-0.25, -0.2) is 0 Å². The summed E-state index contributed by atoms with van der Waals surface area (Å²) in [5, 5.41) is 3.34. The maximum Gasteiger partial charge on any atom is 0.0241 e. The Hall–Kier alpha value is -0.820. The normalized spacial score (nSPS) is 23.2. The molecular weight excluding hydrogens is 148 g/mol. The predicted octanol–water partition coefficient (Wildman–Crippen LogP) is 0.543. The SMILES string of the molecule is C1=CC=C(CN2CCNCC2)C=1. The molecule has 1 saturated heterocycles. The molecule has 0 aromatic rings. The van der Waals surface area contributed by atoms with Crippen LogP contribution in [0.5, 0.6) is 0 Å². The molecule has 0 saturated carbocycles. The molecule has 1 fully saturated rings. The molecule has 1 heterocycles. The molecule has 2 aliphatic rings. The quantitative estimate of drug-likeness (QED) is 0.596. The monoisotopic (exact) mass is 162 g/mol. The van der Waals surface area contributed by atoms with Crippen molar-refractivity contribution in [1.82, 2.24) is 10.2 Å². The van der Waals surface area contributed by atoms with Crippen molar-refractivity contribution in [2.75, 3.05) is 32.7 Å². The van der Waals surface area contributed by atoms with Crippen LogP contribution in [0.2, 0.25) is 0 Å². The lowest BCUT2D eigenvalue weighted by molar-refractivity contribution is 0.261. The highest BCUT2D eigenvalue weighted by Crippen LogP contribution is 2.05. The maximum atomic E-state index is 3.34. The molecule has 2 heteroatoms. The van der Waals surface area contributed by atoms with Gasteiger partial charge in [-0.2, -0.15) is 0 Å². The number of rotatable bonds is 2. The van der Waals surface area contributed by atoms with Gasteiger partial charge in [0, 0.05) is 32.7 Å². The van der Waals surface area contributed by atoms with Crippen LogP contribution in [-0.4, -0.2) is 37.6 Å². The van der Waals surface area contributed by atoms with E-state index in [9.17, 15) is 0 Å². The van der Waals surface area contributed by atoms with E-state index in [0.29, 0.717) is 0 Å². The second-order valence-electron chi connectivity index (χ2n) is 3.25. The minimum atomic E-state index is 1.09. The van der Waals surface area contributed by atoms with Crippen molar-refractivity contribution in [3.05, 3.63) is 29.5 Å². The number of hydrogen-bond donors (Lipinski definition) is 1. The Morgan fingerprint density at radius 2 is 2.25 bits per heavy atom. The Bertz CT molecular complexity index is 241. The van der Waals surface area contributed by atoms with Crippen molar-refractivity contribution < 1.29 is 0 Å². The molecule has 2 nitrogen and oxygen atoms in total. The number of allylic oxidation sites excluding steroid dienone is 1. The minimum Gasteiger partial charge on any atom is -0.314 e. The first-order valence-corrected chi connectivity index (χ1v) is 4.50. The van der Waals surface area contributed by atoms with E-state index in [-0.39, 0.29) is 0 Å². The fourth-order valence-electron chi connectivity index (χ4n) is 1.58. The molecular formula is C10H14N2. The molecule has 64 valence electrons. The first-order chi connectivity index (χ1) is 5.95. The lowest BCUT2D eigenvalue weighted by atomic mass is 10.2. The molecule has 0 spiro atoms. The Labute approximate surface area is 73.3 Å². The van der Waals surface area contributed by atoms with Crippen LogP contribution in [0.1, 0.15) is 0 Å². The summed E-state index contributed by atoms with van der Waals surface area (Å²) in [7, 11) is 0. The Morgan fingerprint density at radius 1 is 1.42 bits per heavy atom. The zero-order valence-electron chi connectivity index (χ0n) is 7.21. The first-order valence-electron chi connectivity index (χ1n) is 4.50. The number of nitrogens with zero attached hydrogens (tertiary/aromatic N) is 1. The lowest BCUT2D eigenvalue weighted by Gasteiger charge is -2.27. The topological polar surface area (TPSA) is 15.3 Å². The van der Waals surface area contributed by atoms with E-state index in [1.807, 2.05) is 6.08 Å². The van der Waals surface area contributed by atoms with E-state index < -0.39 is 0 Å². The summed E-state index contributed by atoms with van der Waals surface area (Å²) in [4.78, 5) is 2.47. The first kappa shape index (κ1) is 7.81. The summed E-state index contributed by atoms with van der Waals surface area (Å²) in [5.41, 5.74) is 4.46. The number of piperazine rings is 1. The van der Waals surface area contributed by atoms with E-state index in [2.05, 4.69) is 28.1 Å². The van der Waals surface area contributed by atoms with E-state index in [1.165, 1.54) is 18.7 Å². The van der Waals surface area contributed by atoms with Gasteiger partial charge in [-0.3, -0.25) is 4.90 Å². The van der Waals surface area contributed by atoms with Crippen molar-refractivity contribution >= 4 is 0 Å². The molecule has 0 bridgehead atoms. The molecule has 0 aromatic carbocycles. The van der Waals surface area contributed by atoms with Crippen LogP contribution in [0.4, 0.5) is 0 Å². The molecule has 0 unspecified atom stereocenters. The summed E-state index contributed by atoms with van der Waals surface area (Å²) in [5.74, 6) is 0. The van der Waals surface area contributed by atoms with Gasteiger partial charge >= 0.3 is 0 Å². The summed E-state index contributed by atoms with van der Waals surface area (Å²) in [6, 6.07) is 0. The van der Waals surface area contributed by atoms with Crippen LogP contribution in [0.3, 0.4) is 0 Å². The summed E-state index contributed by atoms with van der Waals surface area (Å²) in [6.45, 7) is 5.69. The van der Waals surface area contributed by atoms with Gasteiger partial charge in [0.1, 0.15) is 0 Å². The average molecular weight is 162 g/mol. The zero-order valence-corrected chi connectivity index (χ0v) is 7.21. The van der Waals surface area contributed by atoms with Crippen molar-refractivity contribution in [2.45, 2.75) is 0 Å². The van der Waals surface area contributed by atoms with Crippen molar-refractivity contribution in [3.8, 4) is 0 Å². The molecule has 0 aromatic heterocycles. The van der Waals surface area contributed by atoms with Crippen molar-refractivity contribution in [2.24, 2.45) is 0 Å². The fourth-order valence-corrected chi connectivity index (χ4v) is 1.58. The molecule has 0 amide bonds. The summed E-state index contributed by atoms with van der Waals surface area (Å²) in [6.07, 6.45) is 6.20. The largest absolute Gasteiger partial charge is 0.314 e. The number of hydrogen-bond acceptors (Lipinski definition) is 2. The molecule has 0 atom stereocenters. The second-order valence-corrected chi connectivity index (χ2v) is 3.25. The van der Waals surface area contributed by atoms with Gasteiger partial charge in [-0.1, -0.05) is 0 Å². The number of nitrogens with one attached hydrogen (secondary N) is 1. The summed E-state index contributed by atoms with van der Waals surface area (Å²) < 4.78 is 0. The standard InChI is InChI=1S/C10H14N2/c1-2-4-10(3-1)9-12-7-5-11-6-8-12/h1,3-4,11H,5-9H2. The zero-order chi connectivity index (χ0) is 8.23. The lowest BCUT2D eigenvalue weighted by Crippen LogP contribution is -2.43. The highest BCUT2D eigenvalue weighted by molar-refractivity contribution is 5.30. The van der Waals surface area contributed by atoms with Crippen LogP contribution in [0.15, 0.2) is 29.5 Å². The van der Waals surface area contributed by atoms with Crippen LogP contribution in [-0.2, 0) is 0 Å².